The minimum atomic E-state index is -1.17. The predicted octanol–water partition coefficient (Wildman–Crippen LogP) is 5.30. The van der Waals surface area contributed by atoms with E-state index in [1.807, 2.05) is 38.1 Å². The maximum atomic E-state index is 14.3. The lowest BCUT2D eigenvalue weighted by Gasteiger charge is -2.14. The minimum Gasteiger partial charge on any atom is -0.340 e. The van der Waals surface area contributed by atoms with Crippen molar-refractivity contribution in [2.75, 3.05) is 0 Å². The zero-order valence-corrected chi connectivity index (χ0v) is 21.0. The van der Waals surface area contributed by atoms with Crippen molar-refractivity contribution in [3.8, 4) is 5.82 Å². The molecular formula is C30H21F2N5O2. The molecule has 9 heteroatoms. The summed E-state index contributed by atoms with van der Waals surface area (Å²) >= 11 is 0. The highest BCUT2D eigenvalue weighted by molar-refractivity contribution is 6.10. The van der Waals surface area contributed by atoms with Gasteiger partial charge in [0.05, 0.1) is 28.8 Å². The second kappa shape index (κ2) is 9.36. The molecule has 6 rings (SSSR count). The Morgan fingerprint density at radius 2 is 1.67 bits per heavy atom. The molecule has 39 heavy (non-hydrogen) atoms. The SMILES string of the molecule is Cc1ccc(C(=O)c2cn(Cc3cccc(-n4nnc5ccccc54)n3)c3cc(F)c(F)cc3c2=O)cc1C. The monoisotopic (exact) mass is 521 g/mol. The van der Waals surface area contributed by atoms with Gasteiger partial charge in [0.25, 0.3) is 0 Å². The largest absolute Gasteiger partial charge is 0.340 e. The maximum absolute atomic E-state index is 14.3. The normalized spacial score (nSPS) is 11.4. The summed E-state index contributed by atoms with van der Waals surface area (Å²) in [5.41, 5.74) is 3.61. The Morgan fingerprint density at radius 1 is 0.872 bits per heavy atom. The van der Waals surface area contributed by atoms with Crippen molar-refractivity contribution in [2.24, 2.45) is 0 Å². The van der Waals surface area contributed by atoms with Crippen LogP contribution in [0.4, 0.5) is 8.78 Å². The van der Waals surface area contributed by atoms with Crippen LogP contribution in [0.25, 0.3) is 27.8 Å². The van der Waals surface area contributed by atoms with E-state index >= 15 is 0 Å². The Morgan fingerprint density at radius 3 is 2.49 bits per heavy atom. The number of ketones is 1. The van der Waals surface area contributed by atoms with Crippen LogP contribution in [0.2, 0.25) is 0 Å². The summed E-state index contributed by atoms with van der Waals surface area (Å²) in [6.07, 6.45) is 1.39. The molecule has 0 fully saturated rings. The van der Waals surface area contributed by atoms with Gasteiger partial charge in [0.2, 0.25) is 5.43 Å². The van der Waals surface area contributed by atoms with Gasteiger partial charge in [-0.15, -0.1) is 5.10 Å². The van der Waals surface area contributed by atoms with E-state index in [9.17, 15) is 18.4 Å². The fourth-order valence-electron chi connectivity index (χ4n) is 4.60. The van der Waals surface area contributed by atoms with Crippen LogP contribution in [0, 0.1) is 25.5 Å². The van der Waals surface area contributed by atoms with E-state index in [2.05, 4.69) is 10.3 Å². The third-order valence-electron chi connectivity index (χ3n) is 6.83. The average Bonchev–Trinajstić information content (AvgIpc) is 3.37. The highest BCUT2D eigenvalue weighted by Crippen LogP contribution is 2.21. The molecule has 0 saturated carbocycles. The van der Waals surface area contributed by atoms with Crippen molar-refractivity contribution in [3.63, 3.8) is 0 Å². The first-order valence-corrected chi connectivity index (χ1v) is 12.2. The van der Waals surface area contributed by atoms with Crippen molar-refractivity contribution in [1.82, 2.24) is 24.5 Å². The number of halogens is 2. The second-order valence-electron chi connectivity index (χ2n) is 9.39. The van der Waals surface area contributed by atoms with Crippen molar-refractivity contribution < 1.29 is 13.6 Å². The number of rotatable bonds is 5. The Hall–Kier alpha value is -5.05. The molecule has 0 aliphatic rings. The number of carbonyl (C=O) groups is 1. The third kappa shape index (κ3) is 4.27. The van der Waals surface area contributed by atoms with Crippen LogP contribution in [0.3, 0.4) is 0 Å². The van der Waals surface area contributed by atoms with Gasteiger partial charge in [-0.3, -0.25) is 9.59 Å². The number of aryl methyl sites for hydroxylation is 2. The summed E-state index contributed by atoms with van der Waals surface area (Å²) in [6, 6.07) is 19.8. The molecule has 0 saturated heterocycles. The fraction of sp³-hybridized carbons (Fsp3) is 0.100. The molecule has 7 nitrogen and oxygen atoms in total. The van der Waals surface area contributed by atoms with Crippen LogP contribution in [0.15, 0.2) is 83.8 Å². The molecule has 0 spiro atoms. The van der Waals surface area contributed by atoms with E-state index in [0.717, 1.165) is 28.8 Å². The number of carbonyl (C=O) groups excluding carboxylic acids is 1. The topological polar surface area (TPSA) is 82.7 Å². The summed E-state index contributed by atoms with van der Waals surface area (Å²) < 4.78 is 31.7. The molecular weight excluding hydrogens is 500 g/mol. The van der Waals surface area contributed by atoms with Crippen LogP contribution < -0.4 is 5.43 Å². The number of hydrogen-bond donors (Lipinski definition) is 0. The number of hydrogen-bond acceptors (Lipinski definition) is 5. The Kier molecular flexibility index (Phi) is 5.83. The molecule has 0 aliphatic carbocycles. The number of benzene rings is 3. The molecule has 0 bridgehead atoms. The Labute approximate surface area is 221 Å². The smallest absolute Gasteiger partial charge is 0.200 e. The maximum Gasteiger partial charge on any atom is 0.200 e. The molecule has 6 aromatic rings. The van der Waals surface area contributed by atoms with Crippen molar-refractivity contribution in [2.45, 2.75) is 20.4 Å². The van der Waals surface area contributed by atoms with Gasteiger partial charge in [-0.05, 0) is 61.4 Å². The number of pyridine rings is 2. The zero-order valence-electron chi connectivity index (χ0n) is 21.0. The standard InChI is InChI=1S/C30H21F2N5O2/c1-17-10-11-19(12-18(17)2)29(38)22-16-36(27-14-24(32)23(31)13-21(27)30(22)39)15-20-6-5-9-28(33-20)37-26-8-4-3-7-25(26)34-35-37/h3-14,16H,15H2,1-2H3. The van der Waals surface area contributed by atoms with E-state index in [1.165, 1.54) is 6.20 Å². The van der Waals surface area contributed by atoms with Gasteiger partial charge in [-0.1, -0.05) is 35.5 Å². The highest BCUT2D eigenvalue weighted by atomic mass is 19.2. The average molecular weight is 522 g/mol. The van der Waals surface area contributed by atoms with Gasteiger partial charge >= 0.3 is 0 Å². The van der Waals surface area contributed by atoms with Crippen LogP contribution >= 0.6 is 0 Å². The minimum absolute atomic E-state index is 0.0789. The van der Waals surface area contributed by atoms with Crippen LogP contribution in [0.5, 0.6) is 0 Å². The number of fused-ring (bicyclic) bond motifs is 2. The Balaban J connectivity index is 1.48. The van der Waals surface area contributed by atoms with Crippen LogP contribution in [-0.2, 0) is 6.54 Å². The lowest BCUT2D eigenvalue weighted by atomic mass is 9.98. The zero-order chi connectivity index (χ0) is 27.3. The summed E-state index contributed by atoms with van der Waals surface area (Å²) in [5.74, 6) is -2.26. The summed E-state index contributed by atoms with van der Waals surface area (Å²) in [4.78, 5) is 31.5. The van der Waals surface area contributed by atoms with E-state index in [4.69, 9.17) is 4.98 Å². The first kappa shape index (κ1) is 24.3. The molecule has 192 valence electrons. The lowest BCUT2D eigenvalue weighted by Crippen LogP contribution is -2.21. The van der Waals surface area contributed by atoms with Crippen LogP contribution in [-0.4, -0.2) is 30.3 Å². The van der Waals surface area contributed by atoms with Gasteiger partial charge in [0.15, 0.2) is 23.2 Å². The van der Waals surface area contributed by atoms with Gasteiger partial charge < -0.3 is 4.57 Å². The summed E-state index contributed by atoms with van der Waals surface area (Å²) in [6.45, 7) is 3.88. The van der Waals surface area contributed by atoms with E-state index in [1.54, 1.807) is 45.6 Å². The molecule has 0 aliphatic heterocycles. The van der Waals surface area contributed by atoms with E-state index in [-0.39, 0.29) is 23.0 Å². The van der Waals surface area contributed by atoms with Gasteiger partial charge in [0, 0.05) is 23.2 Å². The highest BCUT2D eigenvalue weighted by Gasteiger charge is 2.20. The molecule has 0 unspecified atom stereocenters. The van der Waals surface area contributed by atoms with Crippen LogP contribution in [0.1, 0.15) is 32.7 Å². The van der Waals surface area contributed by atoms with Crippen molar-refractivity contribution >= 4 is 27.7 Å². The van der Waals surface area contributed by atoms with E-state index in [0.29, 0.717) is 22.6 Å². The number of aromatic nitrogens is 5. The van der Waals surface area contributed by atoms with E-state index < -0.39 is 22.8 Å². The van der Waals surface area contributed by atoms with Gasteiger partial charge in [0.1, 0.15) is 5.52 Å². The number of nitrogens with zero attached hydrogens (tertiary/aromatic N) is 5. The van der Waals surface area contributed by atoms with Crippen molar-refractivity contribution in [3.05, 3.63) is 129 Å². The van der Waals surface area contributed by atoms with Gasteiger partial charge in [-0.25, -0.2) is 13.8 Å². The molecule has 0 N–H and O–H groups in total. The number of para-hydroxylation sites is 1. The predicted molar refractivity (Wildman–Crippen MR) is 143 cm³/mol. The molecule has 3 heterocycles. The third-order valence-corrected chi connectivity index (χ3v) is 6.83. The first-order chi connectivity index (χ1) is 18.8. The van der Waals surface area contributed by atoms with Crippen molar-refractivity contribution in [1.29, 1.82) is 0 Å². The molecule has 0 atom stereocenters. The molecule has 3 aromatic heterocycles. The fourth-order valence-corrected chi connectivity index (χ4v) is 4.60. The Bertz CT molecular complexity index is 1990. The lowest BCUT2D eigenvalue weighted by molar-refractivity contribution is 0.103. The second-order valence-corrected chi connectivity index (χ2v) is 9.39. The molecule has 0 radical (unpaired) electrons. The first-order valence-electron chi connectivity index (χ1n) is 12.2. The summed E-state index contributed by atoms with van der Waals surface area (Å²) in [5, 5.41) is 8.27. The van der Waals surface area contributed by atoms with Gasteiger partial charge in [-0.2, -0.15) is 4.68 Å². The summed E-state index contributed by atoms with van der Waals surface area (Å²) in [7, 11) is 0. The quantitative estimate of drug-likeness (QED) is 0.288. The molecule has 0 amide bonds. The molecule has 3 aromatic carbocycles.